The molecule has 2 heterocycles. The second kappa shape index (κ2) is 7.02. The van der Waals surface area contributed by atoms with Crippen molar-refractivity contribution in [3.05, 3.63) is 35.9 Å². The fourth-order valence-corrected chi connectivity index (χ4v) is 4.17. The predicted octanol–water partition coefficient (Wildman–Crippen LogP) is 1.76. The largest absolute Gasteiger partial charge is 0.344 e. The molecule has 1 atom stereocenters. The second-order valence-corrected chi connectivity index (χ2v) is 7.38. The molecule has 23 heavy (non-hydrogen) atoms. The van der Waals surface area contributed by atoms with Gasteiger partial charge in [0.15, 0.2) is 0 Å². The number of hydrogen-bond donors (Lipinski definition) is 1. The molecule has 0 bridgehead atoms. The molecule has 1 aromatic carbocycles. The van der Waals surface area contributed by atoms with Crippen LogP contribution in [0, 0.1) is 5.41 Å². The third-order valence-corrected chi connectivity index (χ3v) is 5.65. The number of hydrogen-bond acceptors (Lipinski definition) is 3. The van der Waals surface area contributed by atoms with Crippen LogP contribution < -0.4 is 5.32 Å². The van der Waals surface area contributed by atoms with Crippen LogP contribution in [-0.4, -0.2) is 62.0 Å². The van der Waals surface area contributed by atoms with Crippen molar-refractivity contribution in [2.75, 3.05) is 40.3 Å². The molecule has 1 amide bonds. The van der Waals surface area contributed by atoms with Crippen LogP contribution in [0.3, 0.4) is 0 Å². The fraction of sp³-hybridized carbons (Fsp3) is 0.632. The minimum atomic E-state index is 0.0638. The summed E-state index contributed by atoms with van der Waals surface area (Å²) in [5.41, 5.74) is 1.65. The van der Waals surface area contributed by atoms with Gasteiger partial charge in [-0.15, -0.1) is 0 Å². The molecule has 4 heteroatoms. The Kier molecular flexibility index (Phi) is 5.02. The normalized spacial score (nSPS) is 24.0. The van der Waals surface area contributed by atoms with Crippen LogP contribution in [0.15, 0.2) is 30.3 Å². The van der Waals surface area contributed by atoms with E-state index in [4.69, 9.17) is 0 Å². The van der Waals surface area contributed by atoms with E-state index >= 15 is 0 Å². The molecule has 1 N–H and O–H groups in total. The summed E-state index contributed by atoms with van der Waals surface area (Å²) in [6.07, 6.45) is 4.36. The van der Waals surface area contributed by atoms with Crippen LogP contribution in [0.25, 0.3) is 0 Å². The summed E-state index contributed by atoms with van der Waals surface area (Å²) in [7, 11) is 4.07. The molecule has 0 aromatic heterocycles. The maximum absolute atomic E-state index is 12.9. The molecular weight excluding hydrogens is 286 g/mol. The third-order valence-electron chi connectivity index (χ3n) is 5.65. The Morgan fingerprint density at radius 2 is 2.00 bits per heavy atom. The fourth-order valence-electron chi connectivity index (χ4n) is 4.17. The van der Waals surface area contributed by atoms with Crippen molar-refractivity contribution in [3.8, 4) is 0 Å². The predicted molar refractivity (Wildman–Crippen MR) is 93.4 cm³/mol. The smallest absolute Gasteiger partial charge is 0.239 e. The Morgan fingerprint density at radius 3 is 2.70 bits per heavy atom. The van der Waals surface area contributed by atoms with Crippen LogP contribution in [0.5, 0.6) is 0 Å². The zero-order valence-electron chi connectivity index (χ0n) is 14.4. The number of carbonyl (C=O) groups is 1. The molecule has 1 aromatic rings. The number of likely N-dealkylation sites (N-methyl/N-ethyl adjacent to an activating group) is 2. The Hall–Kier alpha value is -1.39. The summed E-state index contributed by atoms with van der Waals surface area (Å²) in [6.45, 7) is 4.05. The van der Waals surface area contributed by atoms with Gasteiger partial charge in [-0.25, -0.2) is 0 Å². The van der Waals surface area contributed by atoms with Crippen LogP contribution in [0.4, 0.5) is 0 Å². The molecule has 2 aliphatic heterocycles. The highest BCUT2D eigenvalue weighted by Gasteiger charge is 2.46. The number of benzene rings is 1. The lowest BCUT2D eigenvalue weighted by Crippen LogP contribution is -2.43. The first-order valence-electron chi connectivity index (χ1n) is 8.80. The summed E-state index contributed by atoms with van der Waals surface area (Å²) in [5, 5.41) is 3.44. The molecule has 0 unspecified atom stereocenters. The quantitative estimate of drug-likeness (QED) is 0.920. The standard InChI is InChI=1S/C19H29N3O/c1-21(13-8-16-6-4-3-5-7-16)18(23)17-14-19(15-22(17)2)9-11-20-12-10-19/h3-7,17,20H,8-15H2,1-2H3/t17-/m1/s1. The summed E-state index contributed by atoms with van der Waals surface area (Å²) >= 11 is 0. The summed E-state index contributed by atoms with van der Waals surface area (Å²) < 4.78 is 0. The zero-order chi connectivity index (χ0) is 16.3. The van der Waals surface area contributed by atoms with Gasteiger partial charge in [-0.05, 0) is 56.8 Å². The molecule has 2 saturated heterocycles. The van der Waals surface area contributed by atoms with E-state index in [0.717, 1.165) is 39.0 Å². The topological polar surface area (TPSA) is 35.6 Å². The van der Waals surface area contributed by atoms with Gasteiger partial charge in [0, 0.05) is 20.1 Å². The highest BCUT2D eigenvalue weighted by molar-refractivity contribution is 5.82. The van der Waals surface area contributed by atoms with E-state index in [1.807, 2.05) is 18.0 Å². The van der Waals surface area contributed by atoms with E-state index in [-0.39, 0.29) is 6.04 Å². The van der Waals surface area contributed by atoms with Crippen LogP contribution in [-0.2, 0) is 11.2 Å². The first-order chi connectivity index (χ1) is 11.1. The highest BCUT2D eigenvalue weighted by Crippen LogP contribution is 2.41. The third kappa shape index (κ3) is 3.75. The van der Waals surface area contributed by atoms with Crippen molar-refractivity contribution in [1.29, 1.82) is 0 Å². The lowest BCUT2D eigenvalue weighted by Gasteiger charge is -2.33. The lowest BCUT2D eigenvalue weighted by atomic mass is 9.77. The minimum Gasteiger partial charge on any atom is -0.344 e. The molecule has 2 aliphatic rings. The van der Waals surface area contributed by atoms with Gasteiger partial charge in [0.1, 0.15) is 0 Å². The van der Waals surface area contributed by atoms with Crippen LogP contribution >= 0.6 is 0 Å². The van der Waals surface area contributed by atoms with Gasteiger partial charge < -0.3 is 10.2 Å². The van der Waals surface area contributed by atoms with Gasteiger partial charge in [0.2, 0.25) is 5.91 Å². The molecular formula is C19H29N3O. The van der Waals surface area contributed by atoms with E-state index < -0.39 is 0 Å². The van der Waals surface area contributed by atoms with E-state index in [2.05, 4.69) is 41.5 Å². The maximum atomic E-state index is 12.9. The monoisotopic (exact) mass is 315 g/mol. The van der Waals surface area contributed by atoms with Crippen LogP contribution in [0.2, 0.25) is 0 Å². The molecule has 2 fully saturated rings. The molecule has 0 aliphatic carbocycles. The number of amides is 1. The van der Waals surface area contributed by atoms with Crippen molar-refractivity contribution in [2.24, 2.45) is 5.41 Å². The molecule has 4 nitrogen and oxygen atoms in total. The van der Waals surface area contributed by atoms with Crippen molar-refractivity contribution < 1.29 is 4.79 Å². The molecule has 0 radical (unpaired) electrons. The molecule has 0 saturated carbocycles. The highest BCUT2D eigenvalue weighted by atomic mass is 16.2. The van der Waals surface area contributed by atoms with Gasteiger partial charge in [-0.3, -0.25) is 9.69 Å². The van der Waals surface area contributed by atoms with Gasteiger partial charge >= 0.3 is 0 Å². The number of piperidine rings is 1. The van der Waals surface area contributed by atoms with E-state index in [1.165, 1.54) is 18.4 Å². The molecule has 126 valence electrons. The number of rotatable bonds is 4. The van der Waals surface area contributed by atoms with Gasteiger partial charge in [-0.1, -0.05) is 30.3 Å². The maximum Gasteiger partial charge on any atom is 0.239 e. The minimum absolute atomic E-state index is 0.0638. The van der Waals surface area contributed by atoms with Crippen molar-refractivity contribution in [3.63, 3.8) is 0 Å². The number of nitrogens with zero attached hydrogens (tertiary/aromatic N) is 2. The van der Waals surface area contributed by atoms with Gasteiger partial charge in [0.25, 0.3) is 0 Å². The zero-order valence-corrected chi connectivity index (χ0v) is 14.4. The first-order valence-corrected chi connectivity index (χ1v) is 8.80. The summed E-state index contributed by atoms with van der Waals surface area (Å²) in [6, 6.07) is 10.5. The SMILES string of the molecule is CN(CCc1ccccc1)C(=O)[C@H]1CC2(CCNCC2)CN1C. The average Bonchev–Trinajstić information content (AvgIpc) is 2.89. The summed E-state index contributed by atoms with van der Waals surface area (Å²) in [4.78, 5) is 17.1. The number of likely N-dealkylation sites (tertiary alicyclic amines) is 1. The van der Waals surface area contributed by atoms with Crippen molar-refractivity contribution in [2.45, 2.75) is 31.7 Å². The Morgan fingerprint density at radius 1 is 1.30 bits per heavy atom. The first kappa shape index (κ1) is 16.5. The molecule has 3 rings (SSSR count). The van der Waals surface area contributed by atoms with Crippen molar-refractivity contribution in [1.82, 2.24) is 15.1 Å². The Labute approximate surface area is 139 Å². The number of nitrogens with one attached hydrogen (secondary N) is 1. The Bertz CT molecular complexity index is 525. The lowest BCUT2D eigenvalue weighted by molar-refractivity contribution is -0.134. The average molecular weight is 315 g/mol. The summed E-state index contributed by atoms with van der Waals surface area (Å²) in [5.74, 6) is 0.291. The Balaban J connectivity index is 1.56. The van der Waals surface area contributed by atoms with Crippen molar-refractivity contribution >= 4 is 5.91 Å². The second-order valence-electron chi connectivity index (χ2n) is 7.38. The van der Waals surface area contributed by atoms with E-state index in [0.29, 0.717) is 11.3 Å². The van der Waals surface area contributed by atoms with E-state index in [1.54, 1.807) is 0 Å². The van der Waals surface area contributed by atoms with E-state index in [9.17, 15) is 4.79 Å². The van der Waals surface area contributed by atoms with Gasteiger partial charge in [-0.2, -0.15) is 0 Å². The number of carbonyl (C=O) groups excluding carboxylic acids is 1. The molecule has 1 spiro atoms. The van der Waals surface area contributed by atoms with Gasteiger partial charge in [0.05, 0.1) is 6.04 Å². The van der Waals surface area contributed by atoms with Crippen LogP contribution in [0.1, 0.15) is 24.8 Å².